The van der Waals surface area contributed by atoms with Crippen molar-refractivity contribution in [2.24, 2.45) is 0 Å². The molecule has 0 bridgehead atoms. The smallest absolute Gasteiger partial charge is 0.481 e. The Balaban J connectivity index is 0.00000129. The quantitative estimate of drug-likeness (QED) is 0.0446. The number of aromatic amines is 2. The van der Waals surface area contributed by atoms with Gasteiger partial charge in [0.05, 0.1) is 18.3 Å². The van der Waals surface area contributed by atoms with E-state index in [1.807, 2.05) is 0 Å². The lowest BCUT2D eigenvalue weighted by molar-refractivity contribution is -0.192. The molecule has 0 aliphatic rings. The highest BCUT2D eigenvalue weighted by Crippen LogP contribution is 2.34. The summed E-state index contributed by atoms with van der Waals surface area (Å²) in [4.78, 5) is 121. The van der Waals surface area contributed by atoms with Gasteiger partial charge in [0, 0.05) is 78.4 Å². The molecule has 0 saturated carbocycles. The lowest BCUT2D eigenvalue weighted by Gasteiger charge is -2.26. The minimum absolute atomic E-state index is 0.0389. The number of carbonyl (C=O) groups excluding carboxylic acids is 5. The fourth-order valence-electron chi connectivity index (χ4n) is 6.24. The predicted octanol–water partition coefficient (Wildman–Crippen LogP) is 2.37. The first-order valence-electron chi connectivity index (χ1n) is 19.2. The first-order chi connectivity index (χ1) is 31.3. The van der Waals surface area contributed by atoms with Gasteiger partial charge in [-0.1, -0.05) is 18.2 Å². The van der Waals surface area contributed by atoms with E-state index in [1.165, 1.54) is 19.4 Å². The fraction of sp³-hybridized carbons (Fsp3) is 0.300. The van der Waals surface area contributed by atoms with Gasteiger partial charge >= 0.3 is 35.9 Å². The maximum absolute atomic E-state index is 13.8. The second-order valence-corrected chi connectivity index (χ2v) is 14.3. The summed E-state index contributed by atoms with van der Waals surface area (Å²) in [6.45, 7) is 1.18. The molecule has 0 radical (unpaired) electrons. The van der Waals surface area contributed by atoms with Gasteiger partial charge < -0.3 is 56.3 Å². The van der Waals surface area contributed by atoms with Crippen molar-refractivity contribution in [1.82, 2.24) is 36.2 Å². The molecule has 10 N–H and O–H groups in total. The summed E-state index contributed by atoms with van der Waals surface area (Å²) in [5.41, 5.74) is -1.75. The zero-order valence-corrected chi connectivity index (χ0v) is 34.3. The number of halogens is 6. The number of carboxylic acid groups (broad SMARTS) is 3. The van der Waals surface area contributed by atoms with Gasteiger partial charge in [-0.2, -0.15) is 26.3 Å². The first-order valence-corrected chi connectivity index (χ1v) is 19.2. The van der Waals surface area contributed by atoms with E-state index in [1.54, 1.807) is 30.5 Å². The van der Waals surface area contributed by atoms with Gasteiger partial charge in [0.15, 0.2) is 0 Å². The summed E-state index contributed by atoms with van der Waals surface area (Å²) in [7, 11) is 0. The number of amides is 5. The van der Waals surface area contributed by atoms with Crippen molar-refractivity contribution in [1.29, 1.82) is 0 Å². The second kappa shape index (κ2) is 22.1. The van der Waals surface area contributed by atoms with Crippen molar-refractivity contribution in [2.75, 3.05) is 5.32 Å². The van der Waals surface area contributed by atoms with Gasteiger partial charge in [-0.25, -0.2) is 14.6 Å². The predicted molar refractivity (Wildman–Crippen MR) is 217 cm³/mol. The molecule has 0 saturated heterocycles. The minimum Gasteiger partial charge on any atom is -0.481 e. The highest BCUT2D eigenvalue weighted by atomic mass is 19.4. The molecule has 5 aromatic rings. The molecule has 358 valence electrons. The van der Waals surface area contributed by atoms with E-state index >= 15 is 0 Å². The number of nitrogens with zero attached hydrogens (tertiary/aromatic N) is 1. The number of fused-ring (bicyclic) bond motifs is 2. The van der Waals surface area contributed by atoms with Crippen LogP contribution in [0.1, 0.15) is 43.0 Å². The summed E-state index contributed by atoms with van der Waals surface area (Å²) in [6, 6.07) is 3.92. The fourth-order valence-corrected chi connectivity index (χ4v) is 6.24. The number of imidazole rings is 1. The van der Waals surface area contributed by atoms with Crippen LogP contribution in [0.15, 0.2) is 76.5 Å². The maximum atomic E-state index is 13.8. The number of carbonyl (C=O) groups is 8. The summed E-state index contributed by atoms with van der Waals surface area (Å²) in [6.07, 6.45) is -8.34. The molecular weight excluding hydrogens is 914 g/mol. The number of carboxylic acids is 3. The first kappa shape index (κ1) is 51.4. The lowest BCUT2D eigenvalue weighted by Crippen LogP contribution is -2.58. The van der Waals surface area contributed by atoms with Crippen LogP contribution < -0.4 is 32.2 Å². The van der Waals surface area contributed by atoms with Gasteiger partial charge in [0.2, 0.25) is 29.5 Å². The zero-order valence-electron chi connectivity index (χ0n) is 34.3. The highest BCUT2D eigenvalue weighted by Gasteiger charge is 2.38. The third-order valence-corrected chi connectivity index (χ3v) is 9.26. The molecular formula is C40H38F6N8O13. The Labute approximate surface area is 370 Å². The number of anilines is 1. The number of H-pyrrole nitrogens is 2. The Morgan fingerprint density at radius 2 is 1.34 bits per heavy atom. The van der Waals surface area contributed by atoms with E-state index in [4.69, 9.17) is 14.3 Å². The molecule has 5 amide bonds. The molecule has 2 aromatic carbocycles. The molecule has 4 unspecified atom stereocenters. The Morgan fingerprint density at radius 1 is 0.731 bits per heavy atom. The van der Waals surface area contributed by atoms with Crippen molar-refractivity contribution in [3.63, 3.8) is 0 Å². The number of hydrogen-bond donors (Lipinski definition) is 10. The maximum Gasteiger partial charge on any atom is 0.490 e. The monoisotopic (exact) mass is 952 g/mol. The molecule has 67 heavy (non-hydrogen) atoms. The van der Waals surface area contributed by atoms with Crippen LogP contribution >= 0.6 is 0 Å². The molecule has 0 aliphatic carbocycles. The van der Waals surface area contributed by atoms with E-state index in [0.29, 0.717) is 5.56 Å². The number of aliphatic carboxylic acids is 3. The van der Waals surface area contributed by atoms with Crippen molar-refractivity contribution in [3.05, 3.63) is 94.5 Å². The van der Waals surface area contributed by atoms with Crippen LogP contribution in [0.5, 0.6) is 0 Å². The molecule has 3 heterocycles. The van der Waals surface area contributed by atoms with E-state index in [0.717, 1.165) is 29.1 Å². The summed E-state index contributed by atoms with van der Waals surface area (Å²) in [5, 5.41) is 38.3. The van der Waals surface area contributed by atoms with Gasteiger partial charge in [-0.05, 0) is 30.2 Å². The van der Waals surface area contributed by atoms with Gasteiger partial charge in [0.1, 0.15) is 29.8 Å². The molecule has 0 spiro atoms. The number of alkyl halides is 6. The summed E-state index contributed by atoms with van der Waals surface area (Å²) >= 11 is 0. The highest BCUT2D eigenvalue weighted by molar-refractivity contribution is 6.02. The number of nitrogens with one attached hydrogen (secondary N) is 7. The standard InChI is InChI=1S/C38H37F3N8O11.C2HF3O2/c1-18(50)45-27(10-19-15-43-25-5-3-2-4-22(19)25)36(58)47-26(8-9-31(51)52)34(56)48-28(11-21-16-42-17-44-21)37(59)49-29(14-32(53)54)35(57)46-20-6-7-23-24(38(39,40)41)13-33(55)60-30(23)12-20;3-2(4,5)1(6)7/h2-7,12-13,15-17,26-29,43H,8-11,14H2,1H3,(H,42,44)(H,45,50)(H,46,57)(H,47,58)(H,48,56)(H,49,59)(H,51,52)(H,53,54);(H,6,7). The molecule has 3 aromatic heterocycles. The second-order valence-electron chi connectivity index (χ2n) is 14.3. The Bertz CT molecular complexity index is 2700. The Hall–Kier alpha value is -8.26. The third kappa shape index (κ3) is 15.2. The Kier molecular flexibility index (Phi) is 16.9. The number of hydrogen-bond acceptors (Lipinski definition) is 11. The number of para-hydroxylation sites is 1. The molecule has 0 aliphatic heterocycles. The van der Waals surface area contributed by atoms with E-state index in [9.17, 15) is 74.9 Å². The van der Waals surface area contributed by atoms with Crippen LogP contribution in [0.25, 0.3) is 21.9 Å². The number of benzene rings is 2. The third-order valence-electron chi connectivity index (χ3n) is 9.26. The largest absolute Gasteiger partial charge is 0.490 e. The zero-order chi connectivity index (χ0) is 49.8. The van der Waals surface area contributed by atoms with Crippen molar-refractivity contribution >= 4 is 75.0 Å². The minimum atomic E-state index is -5.08. The Morgan fingerprint density at radius 3 is 1.93 bits per heavy atom. The summed E-state index contributed by atoms with van der Waals surface area (Å²) < 4.78 is 77.2. The normalized spacial score (nSPS) is 13.2. The van der Waals surface area contributed by atoms with Crippen molar-refractivity contribution in [3.8, 4) is 0 Å². The summed E-state index contributed by atoms with van der Waals surface area (Å²) in [5.74, 6) is -10.5. The molecule has 21 nitrogen and oxygen atoms in total. The van der Waals surface area contributed by atoms with E-state index in [-0.39, 0.29) is 30.3 Å². The van der Waals surface area contributed by atoms with Crippen LogP contribution in [0.3, 0.4) is 0 Å². The molecule has 4 atom stereocenters. The van der Waals surface area contributed by atoms with Crippen LogP contribution in [0.4, 0.5) is 32.0 Å². The molecule has 5 rings (SSSR count). The average molecular weight is 953 g/mol. The number of aromatic nitrogens is 3. The van der Waals surface area contributed by atoms with Crippen LogP contribution in [-0.4, -0.2) is 108 Å². The van der Waals surface area contributed by atoms with Crippen molar-refractivity contribution in [2.45, 2.75) is 75.5 Å². The van der Waals surface area contributed by atoms with Crippen molar-refractivity contribution < 1.29 is 84.4 Å². The van der Waals surface area contributed by atoms with Crippen LogP contribution in [0.2, 0.25) is 0 Å². The lowest BCUT2D eigenvalue weighted by atomic mass is 10.0. The van der Waals surface area contributed by atoms with E-state index in [2.05, 4.69) is 41.5 Å². The van der Waals surface area contributed by atoms with Crippen LogP contribution in [-0.2, 0) is 57.4 Å². The van der Waals surface area contributed by atoms with Crippen LogP contribution in [0, 0.1) is 0 Å². The van der Waals surface area contributed by atoms with E-state index < -0.39 is 125 Å². The van der Waals surface area contributed by atoms with Gasteiger partial charge in [-0.3, -0.25) is 33.6 Å². The molecule has 27 heteroatoms. The molecule has 0 fully saturated rings. The number of rotatable bonds is 18. The SMILES string of the molecule is CC(=O)NC(Cc1c[nH]c2ccccc12)C(=O)NC(CCC(=O)O)C(=O)NC(Cc1cnc[nH]1)C(=O)NC(CC(=O)O)C(=O)Nc1ccc2c(C(F)(F)F)cc(=O)oc2c1.O=C(O)C(F)(F)F. The van der Waals surface area contributed by atoms with Gasteiger partial charge in [-0.15, -0.1) is 0 Å². The van der Waals surface area contributed by atoms with Gasteiger partial charge in [0.25, 0.3) is 0 Å². The topological polar surface area (TPSA) is 332 Å². The average Bonchev–Trinajstić information content (AvgIpc) is 3.90.